The van der Waals surface area contributed by atoms with E-state index in [-0.39, 0.29) is 34.2 Å². The van der Waals surface area contributed by atoms with E-state index < -0.39 is 10.3 Å². The van der Waals surface area contributed by atoms with Crippen molar-refractivity contribution in [1.82, 2.24) is 9.66 Å². The maximum absolute atomic E-state index is 13.6. The molecule has 1 heterocycles. The van der Waals surface area contributed by atoms with Gasteiger partial charge in [-0.3, -0.25) is 14.9 Å². The van der Waals surface area contributed by atoms with Crippen LogP contribution in [0.3, 0.4) is 0 Å². The highest BCUT2D eigenvalue weighted by molar-refractivity contribution is 9.10. The standard InChI is InChI=1S/C30H24BrClN4O4/c1-30(2,3)29-34-25-12-11-21(31)14-24(25)28(37)35(29)33-16-20-13-22(32)15-26(36(38)39)27(20)40-17-19-9-6-8-18-7-4-5-10-23(18)19/h4-16H,17H2,1-3H3. The first-order valence-corrected chi connectivity index (χ1v) is 13.5. The Balaban J connectivity index is 1.63. The third-order valence-corrected chi connectivity index (χ3v) is 7.01. The van der Waals surface area contributed by atoms with Gasteiger partial charge in [-0.05, 0) is 40.6 Å². The average molecular weight is 620 g/mol. The van der Waals surface area contributed by atoms with E-state index in [2.05, 4.69) is 21.0 Å². The van der Waals surface area contributed by atoms with Crippen molar-refractivity contribution in [2.75, 3.05) is 0 Å². The summed E-state index contributed by atoms with van der Waals surface area (Å²) in [6.07, 6.45) is 1.35. The Bertz CT molecular complexity index is 1870. The zero-order chi connectivity index (χ0) is 28.6. The van der Waals surface area contributed by atoms with E-state index in [0.717, 1.165) is 20.8 Å². The van der Waals surface area contributed by atoms with Gasteiger partial charge in [-0.25, -0.2) is 4.98 Å². The van der Waals surface area contributed by atoms with E-state index in [9.17, 15) is 14.9 Å². The lowest BCUT2D eigenvalue weighted by Gasteiger charge is -2.21. The summed E-state index contributed by atoms with van der Waals surface area (Å²) in [7, 11) is 0. The summed E-state index contributed by atoms with van der Waals surface area (Å²) in [4.78, 5) is 29.7. The molecule has 5 aromatic rings. The van der Waals surface area contributed by atoms with Crippen molar-refractivity contribution in [3.63, 3.8) is 0 Å². The van der Waals surface area contributed by atoms with E-state index in [0.29, 0.717) is 16.7 Å². The number of halogens is 2. The lowest BCUT2D eigenvalue weighted by Crippen LogP contribution is -2.29. The van der Waals surface area contributed by atoms with Crippen molar-refractivity contribution in [2.45, 2.75) is 32.8 Å². The van der Waals surface area contributed by atoms with E-state index in [1.54, 1.807) is 12.1 Å². The van der Waals surface area contributed by atoms with Crippen LogP contribution in [0, 0.1) is 10.1 Å². The van der Waals surface area contributed by atoms with Gasteiger partial charge in [0.2, 0.25) is 5.75 Å². The Morgan fingerprint density at radius 2 is 1.82 bits per heavy atom. The summed E-state index contributed by atoms with van der Waals surface area (Å²) in [5, 5.41) is 19.0. The Morgan fingerprint density at radius 3 is 2.58 bits per heavy atom. The van der Waals surface area contributed by atoms with Crippen molar-refractivity contribution in [3.05, 3.63) is 120 Å². The fraction of sp³-hybridized carbons (Fsp3) is 0.167. The number of benzene rings is 4. The minimum atomic E-state index is -0.552. The molecule has 5 rings (SSSR count). The molecule has 0 unspecified atom stereocenters. The van der Waals surface area contributed by atoms with Crippen molar-refractivity contribution >= 4 is 61.1 Å². The third kappa shape index (κ3) is 5.48. The van der Waals surface area contributed by atoms with Gasteiger partial charge in [0.15, 0.2) is 0 Å². The fourth-order valence-corrected chi connectivity index (χ4v) is 5.00. The molecule has 0 aliphatic heterocycles. The van der Waals surface area contributed by atoms with Crippen molar-refractivity contribution in [2.24, 2.45) is 5.10 Å². The molecule has 0 radical (unpaired) electrons. The van der Waals surface area contributed by atoms with Gasteiger partial charge < -0.3 is 4.74 Å². The maximum atomic E-state index is 13.6. The fourth-order valence-electron chi connectivity index (χ4n) is 4.42. The molecule has 0 saturated carbocycles. The molecule has 0 amide bonds. The largest absolute Gasteiger partial charge is 0.481 e. The molecule has 8 nitrogen and oxygen atoms in total. The molecule has 202 valence electrons. The molecule has 0 atom stereocenters. The Hall–Kier alpha value is -4.08. The van der Waals surface area contributed by atoms with Crippen molar-refractivity contribution in [3.8, 4) is 5.75 Å². The molecular weight excluding hydrogens is 596 g/mol. The van der Waals surface area contributed by atoms with Gasteiger partial charge in [0.05, 0.1) is 22.0 Å². The summed E-state index contributed by atoms with van der Waals surface area (Å²) < 4.78 is 8.03. The van der Waals surface area contributed by atoms with Gasteiger partial charge in [0.25, 0.3) is 5.56 Å². The molecule has 0 aliphatic rings. The third-order valence-electron chi connectivity index (χ3n) is 6.30. The first-order chi connectivity index (χ1) is 19.0. The van der Waals surface area contributed by atoms with Gasteiger partial charge in [0.1, 0.15) is 12.4 Å². The molecule has 40 heavy (non-hydrogen) atoms. The second-order valence-electron chi connectivity index (χ2n) is 10.2. The van der Waals surface area contributed by atoms with Crippen LogP contribution in [0.5, 0.6) is 5.75 Å². The summed E-state index contributed by atoms with van der Waals surface area (Å²) in [6, 6.07) is 21.7. The predicted octanol–water partition coefficient (Wildman–Crippen LogP) is 7.63. The van der Waals surface area contributed by atoms with E-state index in [4.69, 9.17) is 21.3 Å². The molecule has 4 aromatic carbocycles. The molecule has 0 fully saturated rings. The maximum Gasteiger partial charge on any atom is 0.313 e. The minimum Gasteiger partial charge on any atom is -0.481 e. The highest BCUT2D eigenvalue weighted by Crippen LogP contribution is 2.35. The lowest BCUT2D eigenvalue weighted by atomic mass is 9.95. The number of hydrogen-bond acceptors (Lipinski definition) is 6. The number of fused-ring (bicyclic) bond motifs is 2. The van der Waals surface area contributed by atoms with Gasteiger partial charge in [-0.15, -0.1) is 0 Å². The molecule has 0 saturated heterocycles. The lowest BCUT2D eigenvalue weighted by molar-refractivity contribution is -0.385. The van der Waals surface area contributed by atoms with Crippen LogP contribution in [0.2, 0.25) is 5.02 Å². The quantitative estimate of drug-likeness (QED) is 0.111. The normalized spacial score (nSPS) is 11.9. The number of nitrogens with zero attached hydrogens (tertiary/aromatic N) is 4. The Morgan fingerprint density at radius 1 is 1.07 bits per heavy atom. The Kier molecular flexibility index (Phi) is 7.44. The molecule has 1 aromatic heterocycles. The molecule has 0 bridgehead atoms. The van der Waals surface area contributed by atoms with Crippen molar-refractivity contribution < 1.29 is 9.66 Å². The molecule has 0 N–H and O–H groups in total. The van der Waals surface area contributed by atoms with Gasteiger partial charge in [-0.1, -0.05) is 90.8 Å². The Labute approximate surface area is 243 Å². The minimum absolute atomic E-state index is 0.00654. The monoisotopic (exact) mass is 618 g/mol. The molecular formula is C30H24BrClN4O4. The SMILES string of the molecule is CC(C)(C)c1nc2ccc(Br)cc2c(=O)n1N=Cc1cc(Cl)cc([N+](=O)[O-])c1OCc1cccc2ccccc12. The summed E-state index contributed by atoms with van der Waals surface area (Å²) >= 11 is 9.67. The number of nitro groups is 1. The number of ether oxygens (including phenoxy) is 1. The van der Waals surface area contributed by atoms with Crippen LogP contribution in [0.4, 0.5) is 5.69 Å². The zero-order valence-electron chi connectivity index (χ0n) is 21.9. The summed E-state index contributed by atoms with van der Waals surface area (Å²) in [5.74, 6) is 0.422. The van der Waals surface area contributed by atoms with Crippen LogP contribution >= 0.6 is 27.5 Å². The van der Waals surface area contributed by atoms with Gasteiger partial charge in [0, 0.05) is 26.5 Å². The zero-order valence-corrected chi connectivity index (χ0v) is 24.2. The molecule has 10 heteroatoms. The summed E-state index contributed by atoms with van der Waals surface area (Å²) in [6.45, 7) is 5.85. The van der Waals surface area contributed by atoms with E-state index in [1.807, 2.05) is 69.3 Å². The van der Waals surface area contributed by atoms with E-state index in [1.165, 1.54) is 23.0 Å². The first kappa shape index (κ1) is 27.5. The topological polar surface area (TPSA) is 99.6 Å². The van der Waals surface area contributed by atoms with Crippen molar-refractivity contribution in [1.29, 1.82) is 0 Å². The van der Waals surface area contributed by atoms with Crippen LogP contribution in [-0.2, 0) is 12.0 Å². The summed E-state index contributed by atoms with van der Waals surface area (Å²) in [5.41, 5.74) is 0.440. The van der Waals surface area contributed by atoms with Gasteiger partial charge in [-0.2, -0.15) is 9.78 Å². The van der Waals surface area contributed by atoms with Crippen LogP contribution in [0.25, 0.3) is 21.7 Å². The smallest absolute Gasteiger partial charge is 0.313 e. The molecule has 0 aliphatic carbocycles. The number of aromatic nitrogens is 2. The highest BCUT2D eigenvalue weighted by Gasteiger charge is 2.24. The predicted molar refractivity (Wildman–Crippen MR) is 162 cm³/mol. The number of hydrogen-bond donors (Lipinski definition) is 0. The van der Waals surface area contributed by atoms with Crippen LogP contribution < -0.4 is 10.3 Å². The molecule has 0 spiro atoms. The van der Waals surface area contributed by atoms with E-state index >= 15 is 0 Å². The number of rotatable bonds is 6. The van der Waals surface area contributed by atoms with Crippen LogP contribution in [0.1, 0.15) is 37.7 Å². The highest BCUT2D eigenvalue weighted by atomic mass is 79.9. The van der Waals surface area contributed by atoms with Crippen LogP contribution in [0.15, 0.2) is 87.2 Å². The van der Waals surface area contributed by atoms with Crippen LogP contribution in [-0.4, -0.2) is 20.8 Å². The average Bonchev–Trinajstić information content (AvgIpc) is 2.91. The van der Waals surface area contributed by atoms with Gasteiger partial charge >= 0.3 is 5.69 Å². The number of nitro benzene ring substituents is 1. The first-order valence-electron chi connectivity index (χ1n) is 12.4. The second kappa shape index (κ2) is 10.8. The second-order valence-corrected chi connectivity index (χ2v) is 11.6.